The maximum absolute atomic E-state index is 11.4. The van der Waals surface area contributed by atoms with Crippen molar-refractivity contribution in [3.8, 4) is 11.5 Å². The Morgan fingerprint density at radius 3 is 1.85 bits per heavy atom. The van der Waals surface area contributed by atoms with Crippen molar-refractivity contribution in [2.75, 3.05) is 13.2 Å². The SMILES string of the molecule is CC(C)(C)C12OOC1(c1cc(O)c3[nH]c(=O)oc3c1)OCC2(C)C.CC(C)(C)C1=C(c2cc(O)c3[nH]c(=O)oc3c2)OCC1(C)C. The number of oxazole rings is 2. The zero-order valence-corrected chi connectivity index (χ0v) is 27.9. The predicted octanol–water partition coefficient (Wildman–Crippen LogP) is 6.42. The van der Waals surface area contributed by atoms with Gasteiger partial charge in [0.1, 0.15) is 28.3 Å². The third kappa shape index (κ3) is 4.44. The van der Waals surface area contributed by atoms with Gasteiger partial charge in [0.15, 0.2) is 16.8 Å². The van der Waals surface area contributed by atoms with Gasteiger partial charge >= 0.3 is 11.5 Å². The second-order valence-corrected chi connectivity index (χ2v) is 15.8. The van der Waals surface area contributed by atoms with Crippen LogP contribution in [-0.2, 0) is 25.0 Å². The quantitative estimate of drug-likeness (QED) is 0.180. The van der Waals surface area contributed by atoms with Crippen molar-refractivity contribution in [2.24, 2.45) is 21.7 Å². The number of benzene rings is 2. The Kier molecular flexibility index (Phi) is 6.78. The summed E-state index contributed by atoms with van der Waals surface area (Å²) in [6.45, 7) is 22.1. The molecule has 0 spiro atoms. The minimum absolute atomic E-state index is 0.0209. The molecule has 0 amide bonds. The number of aromatic amines is 2. The number of rotatable bonds is 2. The Morgan fingerprint density at radius 1 is 0.761 bits per heavy atom. The van der Waals surface area contributed by atoms with Gasteiger partial charge in [-0.15, -0.1) is 0 Å². The van der Waals surface area contributed by atoms with Gasteiger partial charge in [0, 0.05) is 27.4 Å². The van der Waals surface area contributed by atoms with Gasteiger partial charge in [-0.05, 0) is 35.3 Å². The monoisotopic (exact) mass is 638 g/mol. The molecule has 3 aliphatic rings. The van der Waals surface area contributed by atoms with E-state index in [-0.39, 0.29) is 44.3 Å². The van der Waals surface area contributed by atoms with Gasteiger partial charge in [0.2, 0.25) is 0 Å². The highest BCUT2D eigenvalue weighted by atomic mass is 17.3. The van der Waals surface area contributed by atoms with Crippen molar-refractivity contribution < 1.29 is 38.3 Å². The number of ether oxygens (including phenoxy) is 2. The van der Waals surface area contributed by atoms with Gasteiger partial charge in [-0.25, -0.2) is 14.5 Å². The van der Waals surface area contributed by atoms with Crippen molar-refractivity contribution in [1.82, 2.24) is 9.97 Å². The summed E-state index contributed by atoms with van der Waals surface area (Å²) in [5, 5.41) is 20.4. The van der Waals surface area contributed by atoms with Crippen molar-refractivity contribution >= 4 is 28.0 Å². The highest BCUT2D eigenvalue weighted by Gasteiger charge is 2.81. The number of phenolic OH excluding ortho intramolecular Hbond substituents is 2. The largest absolute Gasteiger partial charge is 0.506 e. The first-order chi connectivity index (χ1) is 21.1. The van der Waals surface area contributed by atoms with E-state index in [1.54, 1.807) is 18.2 Å². The summed E-state index contributed by atoms with van der Waals surface area (Å²) < 4.78 is 22.2. The molecule has 0 aliphatic carbocycles. The van der Waals surface area contributed by atoms with Gasteiger partial charge in [-0.2, -0.15) is 4.89 Å². The van der Waals surface area contributed by atoms with Gasteiger partial charge in [-0.1, -0.05) is 69.2 Å². The Bertz CT molecular complexity index is 2010. The summed E-state index contributed by atoms with van der Waals surface area (Å²) in [7, 11) is 0. The second kappa shape index (κ2) is 9.76. The number of fused-ring (bicyclic) bond motifs is 3. The van der Waals surface area contributed by atoms with Crippen molar-refractivity contribution in [3.05, 3.63) is 62.1 Å². The lowest BCUT2D eigenvalue weighted by Gasteiger charge is -2.61. The number of aromatic hydroxyl groups is 2. The number of aromatic nitrogens is 2. The van der Waals surface area contributed by atoms with E-state index >= 15 is 0 Å². The maximum atomic E-state index is 11.4. The lowest BCUT2D eigenvalue weighted by Crippen LogP contribution is -2.73. The second-order valence-electron chi connectivity index (χ2n) is 15.8. The third-order valence-electron chi connectivity index (χ3n) is 9.29. The molecule has 5 heterocycles. The van der Waals surface area contributed by atoms with E-state index in [1.807, 2.05) is 0 Å². The molecular weight excluding hydrogens is 596 g/mol. The average molecular weight is 639 g/mol. The van der Waals surface area contributed by atoms with Crippen LogP contribution in [0.4, 0.5) is 0 Å². The van der Waals surface area contributed by atoms with Crippen LogP contribution in [0.2, 0.25) is 0 Å². The first-order valence-electron chi connectivity index (χ1n) is 15.2. The van der Waals surface area contributed by atoms with Crippen LogP contribution >= 0.6 is 0 Å². The molecule has 2 saturated heterocycles. The van der Waals surface area contributed by atoms with E-state index in [2.05, 4.69) is 79.2 Å². The molecular formula is C34H42N2O10. The van der Waals surface area contributed by atoms with E-state index in [0.29, 0.717) is 29.9 Å². The van der Waals surface area contributed by atoms with Gasteiger partial charge in [0.25, 0.3) is 5.79 Å². The number of hydrogen-bond donors (Lipinski definition) is 4. The number of hydrogen-bond acceptors (Lipinski definition) is 10. The predicted molar refractivity (Wildman–Crippen MR) is 169 cm³/mol. The molecule has 2 fully saturated rings. The molecule has 0 saturated carbocycles. The molecule has 3 aliphatic heterocycles. The Hall–Kier alpha value is -4.00. The van der Waals surface area contributed by atoms with Crippen LogP contribution in [-0.4, -0.2) is 39.0 Å². The van der Waals surface area contributed by atoms with Crippen molar-refractivity contribution in [1.29, 1.82) is 0 Å². The van der Waals surface area contributed by atoms with Crippen LogP contribution in [0.5, 0.6) is 11.5 Å². The maximum Gasteiger partial charge on any atom is 0.417 e. The molecule has 7 rings (SSSR count). The minimum Gasteiger partial charge on any atom is -0.506 e. The number of H-pyrrole nitrogens is 2. The normalized spacial score (nSPS) is 25.3. The molecule has 0 radical (unpaired) electrons. The summed E-state index contributed by atoms with van der Waals surface area (Å²) in [5.41, 5.74) is 2.05. The van der Waals surface area contributed by atoms with Gasteiger partial charge in [0.05, 0.1) is 13.2 Å². The average Bonchev–Trinajstić information content (AvgIpc) is 3.58. The Morgan fingerprint density at radius 2 is 1.33 bits per heavy atom. The van der Waals surface area contributed by atoms with E-state index in [0.717, 1.165) is 11.3 Å². The molecule has 4 aromatic rings. The summed E-state index contributed by atoms with van der Waals surface area (Å²) in [6.07, 6.45) is 0. The summed E-state index contributed by atoms with van der Waals surface area (Å²) >= 11 is 0. The fraction of sp³-hybridized carbons (Fsp3) is 0.529. The van der Waals surface area contributed by atoms with Crippen LogP contribution in [0.3, 0.4) is 0 Å². The molecule has 12 nitrogen and oxygen atoms in total. The smallest absolute Gasteiger partial charge is 0.417 e. The lowest BCUT2D eigenvalue weighted by molar-refractivity contribution is -0.626. The highest BCUT2D eigenvalue weighted by Crippen LogP contribution is 2.69. The van der Waals surface area contributed by atoms with E-state index in [1.165, 1.54) is 11.6 Å². The fourth-order valence-electron chi connectivity index (χ4n) is 7.91. The molecule has 2 aromatic carbocycles. The molecule has 2 atom stereocenters. The summed E-state index contributed by atoms with van der Waals surface area (Å²) in [6, 6.07) is 6.52. The van der Waals surface area contributed by atoms with Crippen LogP contribution < -0.4 is 11.5 Å². The van der Waals surface area contributed by atoms with Gasteiger partial charge in [-0.3, -0.25) is 9.97 Å². The lowest BCUT2D eigenvalue weighted by atomic mass is 9.57. The molecule has 12 heteroatoms. The topological polar surface area (TPSA) is 169 Å². The standard InChI is InChI=1S/C17H21NO6.C17H21NO4/c1-14(2,3)17-15(4,5)8-21-16(17,23-24-17)9-6-10(19)12-11(7-9)22-13(20)18-12;1-16(2,3)14-13(21-8-17(14,4)5)9-6-10(19)12-11(7-9)22-15(20)18-12/h6-7,19H,8H2,1-5H3,(H,18,20);6-7,19H,8H2,1-5H3,(H,18,20). The van der Waals surface area contributed by atoms with E-state index in [4.69, 9.17) is 28.1 Å². The van der Waals surface area contributed by atoms with E-state index < -0.39 is 22.9 Å². The molecule has 2 aromatic heterocycles. The molecule has 0 bridgehead atoms. The van der Waals surface area contributed by atoms with Crippen LogP contribution in [0.25, 0.3) is 28.0 Å². The first kappa shape index (κ1) is 32.0. The Balaban J connectivity index is 0.000000162. The minimum atomic E-state index is -1.17. The van der Waals surface area contributed by atoms with Crippen LogP contribution in [0.1, 0.15) is 80.4 Å². The fourth-order valence-corrected chi connectivity index (χ4v) is 7.91. The summed E-state index contributed by atoms with van der Waals surface area (Å²) in [5.74, 6) is -1.74. The molecule has 2 unspecified atom stereocenters. The Labute approximate surface area is 265 Å². The highest BCUT2D eigenvalue weighted by molar-refractivity contribution is 5.84. The van der Waals surface area contributed by atoms with Crippen molar-refractivity contribution in [3.63, 3.8) is 0 Å². The molecule has 46 heavy (non-hydrogen) atoms. The van der Waals surface area contributed by atoms with Crippen LogP contribution in [0.15, 0.2) is 48.3 Å². The molecule has 248 valence electrons. The summed E-state index contributed by atoms with van der Waals surface area (Å²) in [4.78, 5) is 39.0. The number of nitrogens with one attached hydrogen (secondary N) is 2. The van der Waals surface area contributed by atoms with Gasteiger partial charge < -0.3 is 28.5 Å². The van der Waals surface area contributed by atoms with Crippen molar-refractivity contribution in [2.45, 2.75) is 80.6 Å². The number of phenols is 2. The first-order valence-corrected chi connectivity index (χ1v) is 15.2. The third-order valence-corrected chi connectivity index (χ3v) is 9.29. The zero-order valence-electron chi connectivity index (χ0n) is 27.9. The van der Waals surface area contributed by atoms with E-state index in [9.17, 15) is 19.8 Å². The van der Waals surface area contributed by atoms with Crippen LogP contribution in [0, 0.1) is 21.7 Å². The molecule has 4 N–H and O–H groups in total. The zero-order chi connectivity index (χ0) is 33.8.